The minimum absolute atomic E-state index is 0.0487. The molecule has 0 bridgehead atoms. The average molecular weight is 516 g/mol. The minimum Gasteiger partial charge on any atom is -0.497 e. The van der Waals surface area contributed by atoms with Crippen molar-refractivity contribution in [3.8, 4) is 11.5 Å². The summed E-state index contributed by atoms with van der Waals surface area (Å²) in [6.07, 6.45) is 0.520. The van der Waals surface area contributed by atoms with Crippen molar-refractivity contribution in [2.24, 2.45) is 0 Å². The van der Waals surface area contributed by atoms with E-state index in [0.29, 0.717) is 0 Å². The molecule has 9 nitrogen and oxygen atoms in total. The minimum atomic E-state index is -1.05. The number of hydrogen-bond donors (Lipinski definition) is 1. The Morgan fingerprint density at radius 2 is 1.50 bits per heavy atom. The fraction of sp³-hybridized carbons (Fsp3) is 0.276. The first-order valence-electron chi connectivity index (χ1n) is 12.3. The Kier molecular flexibility index (Phi) is 7.50. The van der Waals surface area contributed by atoms with Crippen molar-refractivity contribution in [2.45, 2.75) is 30.5 Å². The monoisotopic (exact) mass is 515 g/mol. The largest absolute Gasteiger partial charge is 0.497 e. The number of benzene rings is 3. The quantitative estimate of drug-likeness (QED) is 0.339. The van der Waals surface area contributed by atoms with Gasteiger partial charge in [0.25, 0.3) is 0 Å². The number of aliphatic hydroxyl groups is 1. The zero-order valence-electron chi connectivity index (χ0n) is 21.1. The van der Waals surface area contributed by atoms with E-state index in [-0.39, 0.29) is 13.0 Å². The van der Waals surface area contributed by atoms with Gasteiger partial charge in [0, 0.05) is 6.42 Å². The molecule has 3 aromatic carbocycles. The van der Waals surface area contributed by atoms with Crippen molar-refractivity contribution in [3.05, 3.63) is 119 Å². The van der Waals surface area contributed by atoms with Crippen LogP contribution in [0.5, 0.6) is 11.5 Å². The van der Waals surface area contributed by atoms with Crippen LogP contribution in [0.1, 0.15) is 29.3 Å². The predicted molar refractivity (Wildman–Crippen MR) is 139 cm³/mol. The summed E-state index contributed by atoms with van der Waals surface area (Å²) >= 11 is 0. The van der Waals surface area contributed by atoms with Crippen molar-refractivity contribution < 1.29 is 24.1 Å². The highest BCUT2D eigenvalue weighted by atomic mass is 16.6. The van der Waals surface area contributed by atoms with Gasteiger partial charge in [0.15, 0.2) is 0 Å². The highest BCUT2D eigenvalue weighted by Gasteiger charge is 2.42. The van der Waals surface area contributed by atoms with Crippen molar-refractivity contribution in [3.63, 3.8) is 0 Å². The zero-order valence-corrected chi connectivity index (χ0v) is 21.1. The third-order valence-corrected chi connectivity index (χ3v) is 6.80. The molecule has 0 aliphatic carbocycles. The molecule has 0 spiro atoms. The summed E-state index contributed by atoms with van der Waals surface area (Å²) < 4.78 is 25.0. The standard InChI is InChI=1S/C29H29N3O6/c1-35-23-12-8-21(9-13-23)29(20-6-4-3-5-7-20,22-10-14-24(36-2)15-11-22)37-17-26-25(33)16-27(38-26)32-19-30-18-31-28(32)34/h3-15,18-19,25-27,33H,16-17H2,1-2H3/t25-,26+,27+/m0/s1. The fourth-order valence-corrected chi connectivity index (χ4v) is 4.82. The third kappa shape index (κ3) is 4.91. The molecular weight excluding hydrogens is 486 g/mol. The first-order valence-corrected chi connectivity index (χ1v) is 12.3. The van der Waals surface area contributed by atoms with Crippen LogP contribution in [0.25, 0.3) is 0 Å². The second-order valence-electron chi connectivity index (χ2n) is 8.95. The van der Waals surface area contributed by atoms with Crippen LogP contribution in [0, 0.1) is 0 Å². The highest BCUT2D eigenvalue weighted by Crippen LogP contribution is 2.42. The van der Waals surface area contributed by atoms with E-state index in [1.807, 2.05) is 78.9 Å². The Morgan fingerprint density at radius 3 is 2.05 bits per heavy atom. The van der Waals surface area contributed by atoms with Crippen LogP contribution in [0.2, 0.25) is 0 Å². The van der Waals surface area contributed by atoms with E-state index < -0.39 is 29.7 Å². The molecule has 1 fully saturated rings. The fourth-order valence-electron chi connectivity index (χ4n) is 4.82. The number of aromatic nitrogens is 3. The van der Waals surface area contributed by atoms with Crippen molar-refractivity contribution in [2.75, 3.05) is 20.8 Å². The lowest BCUT2D eigenvalue weighted by Crippen LogP contribution is -2.38. The van der Waals surface area contributed by atoms with Gasteiger partial charge in [-0.3, -0.25) is 4.57 Å². The van der Waals surface area contributed by atoms with Gasteiger partial charge in [-0.2, -0.15) is 4.98 Å². The van der Waals surface area contributed by atoms with Gasteiger partial charge in [-0.15, -0.1) is 0 Å². The Labute approximate surface area is 220 Å². The molecule has 0 amide bonds. The third-order valence-electron chi connectivity index (χ3n) is 6.80. The molecule has 2 heterocycles. The molecule has 38 heavy (non-hydrogen) atoms. The van der Waals surface area contributed by atoms with Crippen LogP contribution in [0.3, 0.4) is 0 Å². The topological polar surface area (TPSA) is 105 Å². The summed E-state index contributed by atoms with van der Waals surface area (Å²) in [7, 11) is 3.25. The Bertz CT molecular complexity index is 1350. The first-order chi connectivity index (χ1) is 18.5. The summed E-state index contributed by atoms with van der Waals surface area (Å²) in [5.41, 5.74) is 1.09. The molecule has 5 rings (SSSR count). The number of hydrogen-bond acceptors (Lipinski definition) is 8. The van der Waals surface area contributed by atoms with Crippen molar-refractivity contribution in [1.29, 1.82) is 0 Å². The van der Waals surface area contributed by atoms with E-state index in [0.717, 1.165) is 28.2 Å². The van der Waals surface area contributed by atoms with E-state index in [1.54, 1.807) is 14.2 Å². The van der Waals surface area contributed by atoms with Crippen LogP contribution in [-0.4, -0.2) is 52.7 Å². The van der Waals surface area contributed by atoms with Crippen molar-refractivity contribution >= 4 is 0 Å². The van der Waals surface area contributed by atoms with Gasteiger partial charge in [-0.05, 0) is 41.0 Å². The maximum atomic E-state index is 12.2. The highest BCUT2D eigenvalue weighted by molar-refractivity contribution is 5.49. The van der Waals surface area contributed by atoms with Gasteiger partial charge in [-0.1, -0.05) is 54.6 Å². The van der Waals surface area contributed by atoms with Crippen LogP contribution in [0.15, 0.2) is 96.3 Å². The van der Waals surface area contributed by atoms with Crippen LogP contribution in [0.4, 0.5) is 0 Å². The molecule has 1 aliphatic heterocycles. The summed E-state index contributed by atoms with van der Waals surface area (Å²) in [4.78, 5) is 19.8. The zero-order chi connectivity index (χ0) is 26.5. The van der Waals surface area contributed by atoms with Gasteiger partial charge in [0.2, 0.25) is 0 Å². The predicted octanol–water partition coefficient (Wildman–Crippen LogP) is 3.31. The molecule has 1 saturated heterocycles. The van der Waals surface area contributed by atoms with Gasteiger partial charge < -0.3 is 24.1 Å². The smallest absolute Gasteiger partial charge is 0.352 e. The van der Waals surface area contributed by atoms with Crippen LogP contribution < -0.4 is 15.2 Å². The summed E-state index contributed by atoms with van der Waals surface area (Å²) in [5, 5.41) is 10.9. The molecule has 1 aliphatic rings. The lowest BCUT2D eigenvalue weighted by atomic mass is 9.80. The molecule has 9 heteroatoms. The first kappa shape index (κ1) is 25.6. The molecule has 0 unspecified atom stereocenters. The van der Waals surface area contributed by atoms with Gasteiger partial charge in [-0.25, -0.2) is 9.78 Å². The Morgan fingerprint density at radius 1 is 0.921 bits per heavy atom. The molecule has 0 radical (unpaired) electrons. The molecular formula is C29H29N3O6. The molecule has 0 saturated carbocycles. The molecule has 196 valence electrons. The van der Waals surface area contributed by atoms with Gasteiger partial charge >= 0.3 is 5.69 Å². The summed E-state index contributed by atoms with van der Waals surface area (Å²) in [5.74, 6) is 1.44. The van der Waals surface area contributed by atoms with E-state index in [2.05, 4.69) is 9.97 Å². The summed E-state index contributed by atoms with van der Waals surface area (Å²) in [6, 6.07) is 25.3. The second-order valence-corrected chi connectivity index (χ2v) is 8.95. The van der Waals surface area contributed by atoms with Gasteiger partial charge in [0.1, 0.15) is 42.1 Å². The Hall–Kier alpha value is -4.05. The number of rotatable bonds is 9. The van der Waals surface area contributed by atoms with E-state index in [9.17, 15) is 9.90 Å². The number of methoxy groups -OCH3 is 2. The normalized spacial score (nSPS) is 19.3. The molecule has 4 aromatic rings. The summed E-state index contributed by atoms with van der Waals surface area (Å²) in [6.45, 7) is 0.0487. The number of aliphatic hydroxyl groups excluding tert-OH is 1. The second kappa shape index (κ2) is 11.1. The van der Waals surface area contributed by atoms with Crippen molar-refractivity contribution in [1.82, 2.24) is 14.5 Å². The van der Waals surface area contributed by atoms with E-state index >= 15 is 0 Å². The van der Waals surface area contributed by atoms with E-state index in [4.69, 9.17) is 18.9 Å². The lowest BCUT2D eigenvalue weighted by Gasteiger charge is -2.37. The molecule has 3 atom stereocenters. The number of ether oxygens (including phenoxy) is 4. The average Bonchev–Trinajstić information content (AvgIpc) is 3.34. The molecule has 1 N–H and O–H groups in total. The SMILES string of the molecule is COc1ccc(C(OC[C@H]2O[C@@H](n3cncnc3=O)C[C@@H]2O)(c2ccccc2)c2ccc(OC)cc2)cc1. The Balaban J connectivity index is 1.54. The van der Waals surface area contributed by atoms with E-state index in [1.165, 1.54) is 17.2 Å². The molecule has 1 aromatic heterocycles. The van der Waals surface area contributed by atoms with Crippen LogP contribution >= 0.6 is 0 Å². The maximum Gasteiger partial charge on any atom is 0.352 e. The van der Waals surface area contributed by atoms with Gasteiger partial charge in [0.05, 0.1) is 26.9 Å². The number of nitrogens with zero attached hydrogens (tertiary/aromatic N) is 3. The lowest BCUT2D eigenvalue weighted by molar-refractivity contribution is -0.0945. The maximum absolute atomic E-state index is 12.2. The van der Waals surface area contributed by atoms with Crippen LogP contribution in [-0.2, 0) is 15.1 Å².